The highest BCUT2D eigenvalue weighted by Gasteiger charge is 2.12. The topological polar surface area (TPSA) is 81.8 Å². The van der Waals surface area contributed by atoms with Crippen molar-refractivity contribution < 1.29 is 4.21 Å². The van der Waals surface area contributed by atoms with E-state index in [1.807, 2.05) is 12.1 Å². The summed E-state index contributed by atoms with van der Waals surface area (Å²) in [5.74, 6) is 0.829. The Balaban J connectivity index is 1.89. The van der Waals surface area contributed by atoms with Crippen LogP contribution in [0.25, 0.3) is 10.2 Å². The maximum atomic E-state index is 12.2. The van der Waals surface area contributed by atoms with E-state index in [0.717, 1.165) is 10.2 Å². The summed E-state index contributed by atoms with van der Waals surface area (Å²) < 4.78 is 13.7. The van der Waals surface area contributed by atoms with Crippen molar-refractivity contribution in [2.24, 2.45) is 0 Å². The van der Waals surface area contributed by atoms with Crippen molar-refractivity contribution in [3.05, 3.63) is 42.5 Å². The lowest BCUT2D eigenvalue weighted by Gasteiger charge is -1.96. The highest BCUT2D eigenvalue weighted by Crippen LogP contribution is 2.26. The number of hydrogen-bond acceptors (Lipinski definition) is 6. The number of thiazole rings is 1. The maximum Gasteiger partial charge on any atom is 0.182 e. The molecule has 2 heterocycles. The molecule has 3 aromatic rings. The smallest absolute Gasteiger partial charge is 0.182 e. The van der Waals surface area contributed by atoms with Gasteiger partial charge < -0.3 is 5.73 Å². The van der Waals surface area contributed by atoms with Crippen LogP contribution in [0.2, 0.25) is 0 Å². The van der Waals surface area contributed by atoms with E-state index in [9.17, 15) is 4.21 Å². The number of benzene rings is 1. The molecule has 0 spiro atoms. The third-order valence-electron chi connectivity index (χ3n) is 2.47. The fourth-order valence-corrected chi connectivity index (χ4v) is 3.87. The molecule has 1 aromatic carbocycles. The van der Waals surface area contributed by atoms with Crippen LogP contribution in [0.3, 0.4) is 0 Å². The normalized spacial score (nSPS) is 12.6. The van der Waals surface area contributed by atoms with E-state index in [1.54, 1.807) is 24.5 Å². The lowest BCUT2D eigenvalue weighted by molar-refractivity contribution is 0.681. The summed E-state index contributed by atoms with van der Waals surface area (Å²) >= 11 is 1.39. The third-order valence-corrected chi connectivity index (χ3v) is 5.09. The van der Waals surface area contributed by atoms with Gasteiger partial charge in [0.25, 0.3) is 0 Å². The summed E-state index contributed by atoms with van der Waals surface area (Å²) in [5.41, 5.74) is 7.21. The second-order valence-electron chi connectivity index (χ2n) is 3.86. The molecule has 0 aliphatic heterocycles. The first kappa shape index (κ1) is 12.2. The van der Waals surface area contributed by atoms with E-state index in [2.05, 4.69) is 15.0 Å². The first-order valence-corrected chi connectivity index (χ1v) is 7.66. The van der Waals surface area contributed by atoms with Crippen LogP contribution < -0.4 is 5.73 Å². The molecule has 0 radical (unpaired) electrons. The van der Waals surface area contributed by atoms with Crippen LogP contribution in [0.15, 0.2) is 41.0 Å². The van der Waals surface area contributed by atoms with Crippen molar-refractivity contribution >= 4 is 38.0 Å². The Morgan fingerprint density at radius 2 is 2.05 bits per heavy atom. The molecular formula is C12H10N4OS2. The average molecular weight is 290 g/mol. The molecular weight excluding hydrogens is 280 g/mol. The van der Waals surface area contributed by atoms with E-state index in [0.29, 0.717) is 15.9 Å². The van der Waals surface area contributed by atoms with Crippen molar-refractivity contribution in [3.63, 3.8) is 0 Å². The van der Waals surface area contributed by atoms with Crippen molar-refractivity contribution in [2.45, 2.75) is 10.1 Å². The number of nitrogens with two attached hydrogens (primary N) is 1. The minimum Gasteiger partial charge on any atom is -0.399 e. The van der Waals surface area contributed by atoms with Crippen LogP contribution in [0.5, 0.6) is 0 Å². The lowest BCUT2D eigenvalue weighted by Crippen LogP contribution is -2.00. The van der Waals surface area contributed by atoms with Gasteiger partial charge in [-0.2, -0.15) is 0 Å². The van der Waals surface area contributed by atoms with Crippen LogP contribution in [0.4, 0.5) is 5.69 Å². The Labute approximate surface area is 116 Å². The molecule has 96 valence electrons. The molecule has 19 heavy (non-hydrogen) atoms. The zero-order valence-corrected chi connectivity index (χ0v) is 11.4. The molecule has 2 aromatic heterocycles. The molecule has 5 nitrogen and oxygen atoms in total. The van der Waals surface area contributed by atoms with Crippen molar-refractivity contribution in [3.8, 4) is 0 Å². The molecule has 2 N–H and O–H groups in total. The number of hydrogen-bond donors (Lipinski definition) is 1. The first-order chi connectivity index (χ1) is 9.22. The van der Waals surface area contributed by atoms with Crippen molar-refractivity contribution in [1.29, 1.82) is 0 Å². The SMILES string of the molecule is Nc1ccc2nc(S(=O)Cc3ncccn3)sc2c1. The highest BCUT2D eigenvalue weighted by atomic mass is 32.2. The monoisotopic (exact) mass is 290 g/mol. The van der Waals surface area contributed by atoms with E-state index in [-0.39, 0.29) is 5.75 Å². The predicted octanol–water partition coefficient (Wildman–Crippen LogP) is 1.98. The fraction of sp³-hybridized carbons (Fsp3) is 0.0833. The second kappa shape index (κ2) is 5.02. The zero-order chi connectivity index (χ0) is 13.2. The van der Waals surface area contributed by atoms with Gasteiger partial charge in [-0.3, -0.25) is 4.21 Å². The Bertz CT molecular complexity index is 742. The first-order valence-electron chi connectivity index (χ1n) is 5.53. The van der Waals surface area contributed by atoms with Gasteiger partial charge >= 0.3 is 0 Å². The Morgan fingerprint density at radius 3 is 2.84 bits per heavy atom. The van der Waals surface area contributed by atoms with Gasteiger partial charge in [0, 0.05) is 18.1 Å². The largest absolute Gasteiger partial charge is 0.399 e. The van der Waals surface area contributed by atoms with Gasteiger partial charge in [0.2, 0.25) is 0 Å². The maximum absolute atomic E-state index is 12.2. The number of rotatable bonds is 3. The standard InChI is InChI=1S/C12H10N4OS2/c13-8-2-3-9-10(6-8)18-12(16-9)19(17)7-11-14-4-1-5-15-11/h1-6H,7,13H2. The van der Waals surface area contributed by atoms with Gasteiger partial charge in [0.1, 0.15) is 5.82 Å². The minimum absolute atomic E-state index is 0.274. The quantitative estimate of drug-likeness (QED) is 0.746. The molecule has 1 atom stereocenters. The predicted molar refractivity (Wildman–Crippen MR) is 76.2 cm³/mol. The molecule has 7 heteroatoms. The number of aromatic nitrogens is 3. The molecule has 0 amide bonds. The number of fused-ring (bicyclic) bond motifs is 1. The summed E-state index contributed by atoms with van der Waals surface area (Å²) in [5, 5.41) is 0. The van der Waals surface area contributed by atoms with Gasteiger partial charge in [0.15, 0.2) is 4.34 Å². The minimum atomic E-state index is -1.23. The van der Waals surface area contributed by atoms with Crippen LogP contribution in [0.1, 0.15) is 5.82 Å². The van der Waals surface area contributed by atoms with Gasteiger partial charge in [0.05, 0.1) is 26.8 Å². The Morgan fingerprint density at radius 1 is 1.26 bits per heavy atom. The van der Waals surface area contributed by atoms with E-state index in [1.165, 1.54) is 11.3 Å². The van der Waals surface area contributed by atoms with Crippen LogP contribution >= 0.6 is 11.3 Å². The van der Waals surface area contributed by atoms with E-state index >= 15 is 0 Å². The summed E-state index contributed by atoms with van der Waals surface area (Å²) in [6, 6.07) is 7.19. The molecule has 1 unspecified atom stereocenters. The molecule has 0 fully saturated rings. The molecule has 0 bridgehead atoms. The molecule has 0 saturated carbocycles. The summed E-state index contributed by atoms with van der Waals surface area (Å²) in [6.45, 7) is 0. The van der Waals surface area contributed by atoms with Crippen LogP contribution in [0, 0.1) is 0 Å². The number of nitrogens with zero attached hydrogens (tertiary/aromatic N) is 3. The average Bonchev–Trinajstić information content (AvgIpc) is 2.83. The van der Waals surface area contributed by atoms with E-state index < -0.39 is 10.8 Å². The third kappa shape index (κ3) is 2.61. The molecule has 0 saturated heterocycles. The van der Waals surface area contributed by atoms with E-state index in [4.69, 9.17) is 5.73 Å². The van der Waals surface area contributed by atoms with Crippen LogP contribution in [-0.4, -0.2) is 19.2 Å². The Kier molecular flexibility index (Phi) is 3.22. The van der Waals surface area contributed by atoms with Crippen molar-refractivity contribution in [1.82, 2.24) is 15.0 Å². The zero-order valence-electron chi connectivity index (χ0n) is 9.81. The van der Waals surface area contributed by atoms with Gasteiger partial charge in [-0.25, -0.2) is 15.0 Å². The lowest BCUT2D eigenvalue weighted by atomic mass is 10.3. The molecule has 3 rings (SSSR count). The molecule has 0 aliphatic carbocycles. The summed E-state index contributed by atoms with van der Waals surface area (Å²) in [7, 11) is -1.23. The number of anilines is 1. The van der Waals surface area contributed by atoms with Gasteiger partial charge in [-0.1, -0.05) is 0 Å². The van der Waals surface area contributed by atoms with Crippen LogP contribution in [-0.2, 0) is 16.6 Å². The highest BCUT2D eigenvalue weighted by molar-refractivity contribution is 7.86. The Hall–Kier alpha value is -1.86. The molecule has 0 aliphatic rings. The number of nitrogen functional groups attached to an aromatic ring is 1. The summed E-state index contributed by atoms with van der Waals surface area (Å²) in [4.78, 5) is 12.5. The second-order valence-corrected chi connectivity index (χ2v) is 6.52. The fourth-order valence-electron chi connectivity index (χ4n) is 1.60. The van der Waals surface area contributed by atoms with Crippen molar-refractivity contribution in [2.75, 3.05) is 5.73 Å². The van der Waals surface area contributed by atoms with Gasteiger partial charge in [-0.05, 0) is 24.3 Å². The van der Waals surface area contributed by atoms with Gasteiger partial charge in [-0.15, -0.1) is 11.3 Å². The summed E-state index contributed by atoms with van der Waals surface area (Å²) in [6.07, 6.45) is 3.27.